The number of rotatable bonds is 8. The van der Waals surface area contributed by atoms with E-state index in [1.54, 1.807) is 6.07 Å². The molecule has 1 amide bonds. The summed E-state index contributed by atoms with van der Waals surface area (Å²) in [6.07, 6.45) is 1.92. The van der Waals surface area contributed by atoms with Crippen molar-refractivity contribution in [2.75, 3.05) is 13.2 Å². The molecule has 124 valence electrons. The van der Waals surface area contributed by atoms with Gasteiger partial charge in [0.25, 0.3) is 0 Å². The Morgan fingerprint density at radius 2 is 2.04 bits per heavy atom. The second-order valence-electron chi connectivity index (χ2n) is 6.50. The summed E-state index contributed by atoms with van der Waals surface area (Å²) >= 11 is 0. The predicted octanol–water partition coefficient (Wildman–Crippen LogP) is 2.80. The van der Waals surface area contributed by atoms with Crippen LogP contribution in [0.25, 0.3) is 11.3 Å². The number of amides is 1. The summed E-state index contributed by atoms with van der Waals surface area (Å²) in [5, 5.41) is 16.0. The molecule has 0 spiro atoms. The quantitative estimate of drug-likeness (QED) is 0.734. The minimum Gasteiger partial charge on any atom is -0.396 e. The first-order chi connectivity index (χ1) is 11.0. The van der Waals surface area contributed by atoms with Gasteiger partial charge in [0.2, 0.25) is 5.91 Å². The molecule has 0 atom stereocenters. The van der Waals surface area contributed by atoms with E-state index in [1.165, 1.54) is 0 Å². The lowest BCUT2D eigenvalue weighted by Gasteiger charge is -2.21. The number of aromatic nitrogens is 1. The standard InChI is InChI=1S/C18H24N2O3/c1-18(2,13-21)9-6-10-19-17(22)12-15-11-16(23-20-15)14-7-4-3-5-8-14/h3-5,7-8,11,21H,6,9-10,12-13H2,1-2H3,(H,19,22). The van der Waals surface area contributed by atoms with Gasteiger partial charge in [0.15, 0.2) is 5.76 Å². The van der Waals surface area contributed by atoms with Crippen molar-refractivity contribution in [1.29, 1.82) is 0 Å². The SMILES string of the molecule is CC(C)(CO)CCCNC(=O)Cc1cc(-c2ccccc2)on1. The first kappa shape index (κ1) is 17.2. The van der Waals surface area contributed by atoms with E-state index in [1.807, 2.05) is 44.2 Å². The van der Waals surface area contributed by atoms with Crippen LogP contribution in [-0.4, -0.2) is 29.3 Å². The Morgan fingerprint density at radius 1 is 1.30 bits per heavy atom. The fraction of sp³-hybridized carbons (Fsp3) is 0.444. The van der Waals surface area contributed by atoms with Gasteiger partial charge in [0, 0.05) is 24.8 Å². The molecule has 0 radical (unpaired) electrons. The van der Waals surface area contributed by atoms with Crippen molar-refractivity contribution in [3.8, 4) is 11.3 Å². The van der Waals surface area contributed by atoms with Gasteiger partial charge in [-0.2, -0.15) is 0 Å². The molecule has 1 aromatic carbocycles. The number of hydrogen-bond acceptors (Lipinski definition) is 4. The number of carbonyl (C=O) groups is 1. The Balaban J connectivity index is 1.77. The second kappa shape index (κ2) is 7.92. The normalized spacial score (nSPS) is 11.4. The molecular weight excluding hydrogens is 292 g/mol. The van der Waals surface area contributed by atoms with E-state index < -0.39 is 0 Å². The zero-order valence-electron chi connectivity index (χ0n) is 13.7. The van der Waals surface area contributed by atoms with Crippen molar-refractivity contribution in [2.45, 2.75) is 33.1 Å². The Bertz CT molecular complexity index is 620. The van der Waals surface area contributed by atoms with Gasteiger partial charge in [-0.05, 0) is 18.3 Å². The van der Waals surface area contributed by atoms with Gasteiger partial charge in [-0.3, -0.25) is 4.79 Å². The maximum Gasteiger partial charge on any atom is 0.226 e. The average molecular weight is 316 g/mol. The maximum absolute atomic E-state index is 11.9. The van der Waals surface area contributed by atoms with Crippen LogP contribution >= 0.6 is 0 Å². The monoisotopic (exact) mass is 316 g/mol. The van der Waals surface area contributed by atoms with E-state index in [0.29, 0.717) is 18.0 Å². The molecule has 1 heterocycles. The Morgan fingerprint density at radius 3 is 2.74 bits per heavy atom. The smallest absolute Gasteiger partial charge is 0.226 e. The average Bonchev–Trinajstić information content (AvgIpc) is 3.01. The molecule has 2 rings (SSSR count). The molecule has 2 aromatic rings. The first-order valence-electron chi connectivity index (χ1n) is 7.89. The van der Waals surface area contributed by atoms with Crippen molar-refractivity contribution < 1.29 is 14.4 Å². The molecule has 0 aliphatic carbocycles. The van der Waals surface area contributed by atoms with Crippen molar-refractivity contribution >= 4 is 5.91 Å². The number of nitrogens with one attached hydrogen (secondary N) is 1. The van der Waals surface area contributed by atoms with Gasteiger partial charge >= 0.3 is 0 Å². The molecule has 0 fully saturated rings. The minimum absolute atomic E-state index is 0.0697. The van der Waals surface area contributed by atoms with Gasteiger partial charge in [0.05, 0.1) is 12.1 Å². The van der Waals surface area contributed by atoms with Crippen LogP contribution in [0.1, 0.15) is 32.4 Å². The van der Waals surface area contributed by atoms with Crippen molar-refractivity contribution in [3.05, 3.63) is 42.1 Å². The highest BCUT2D eigenvalue weighted by molar-refractivity contribution is 5.78. The maximum atomic E-state index is 11.9. The van der Waals surface area contributed by atoms with Crippen molar-refractivity contribution in [3.63, 3.8) is 0 Å². The summed E-state index contributed by atoms with van der Waals surface area (Å²) < 4.78 is 5.28. The van der Waals surface area contributed by atoms with Gasteiger partial charge < -0.3 is 14.9 Å². The second-order valence-corrected chi connectivity index (χ2v) is 6.50. The number of aliphatic hydroxyl groups is 1. The highest BCUT2D eigenvalue weighted by Crippen LogP contribution is 2.21. The Hall–Kier alpha value is -2.14. The summed E-state index contributed by atoms with van der Waals surface area (Å²) in [6.45, 7) is 4.78. The van der Waals surface area contributed by atoms with Crippen LogP contribution in [0.4, 0.5) is 0 Å². The summed E-state index contributed by atoms with van der Waals surface area (Å²) in [7, 11) is 0. The topological polar surface area (TPSA) is 75.4 Å². The molecule has 23 heavy (non-hydrogen) atoms. The molecule has 1 aromatic heterocycles. The van der Waals surface area contributed by atoms with E-state index in [2.05, 4.69) is 10.5 Å². The van der Waals surface area contributed by atoms with Crippen LogP contribution in [0.2, 0.25) is 0 Å². The zero-order chi connectivity index (χ0) is 16.7. The third kappa shape index (κ3) is 5.53. The zero-order valence-corrected chi connectivity index (χ0v) is 13.7. The largest absolute Gasteiger partial charge is 0.396 e. The predicted molar refractivity (Wildman–Crippen MR) is 88.8 cm³/mol. The Kier molecular flexibility index (Phi) is 5.93. The molecule has 0 aliphatic rings. The molecule has 2 N–H and O–H groups in total. The van der Waals surface area contributed by atoms with Crippen molar-refractivity contribution in [2.24, 2.45) is 5.41 Å². The number of benzene rings is 1. The van der Waals surface area contributed by atoms with Gasteiger partial charge in [-0.15, -0.1) is 0 Å². The molecule has 0 saturated carbocycles. The molecular formula is C18H24N2O3. The Labute approximate surface area is 136 Å². The fourth-order valence-electron chi connectivity index (χ4n) is 2.23. The lowest BCUT2D eigenvalue weighted by Crippen LogP contribution is -2.27. The number of carbonyl (C=O) groups excluding carboxylic acids is 1. The van der Waals surface area contributed by atoms with E-state index in [9.17, 15) is 9.90 Å². The number of aliphatic hydroxyl groups excluding tert-OH is 1. The third-order valence-electron chi connectivity index (χ3n) is 3.74. The number of nitrogens with zero attached hydrogens (tertiary/aromatic N) is 1. The van der Waals surface area contributed by atoms with Crippen LogP contribution in [0, 0.1) is 5.41 Å². The van der Waals surface area contributed by atoms with Crippen LogP contribution in [-0.2, 0) is 11.2 Å². The van der Waals surface area contributed by atoms with Crippen LogP contribution in [0.5, 0.6) is 0 Å². The fourth-order valence-corrected chi connectivity index (χ4v) is 2.23. The first-order valence-corrected chi connectivity index (χ1v) is 7.89. The van der Waals surface area contributed by atoms with Gasteiger partial charge in [-0.25, -0.2) is 0 Å². The molecule has 0 saturated heterocycles. The van der Waals surface area contributed by atoms with Gasteiger partial charge in [-0.1, -0.05) is 49.3 Å². The van der Waals surface area contributed by atoms with Crippen LogP contribution in [0.15, 0.2) is 40.9 Å². The van der Waals surface area contributed by atoms with Crippen molar-refractivity contribution in [1.82, 2.24) is 10.5 Å². The molecule has 0 aliphatic heterocycles. The van der Waals surface area contributed by atoms with E-state index in [-0.39, 0.29) is 24.3 Å². The summed E-state index contributed by atoms with van der Waals surface area (Å²) in [6, 6.07) is 11.5. The summed E-state index contributed by atoms with van der Waals surface area (Å²) in [4.78, 5) is 11.9. The molecule has 5 heteroatoms. The highest BCUT2D eigenvalue weighted by atomic mass is 16.5. The minimum atomic E-state index is -0.0958. The lowest BCUT2D eigenvalue weighted by molar-refractivity contribution is -0.120. The third-order valence-corrected chi connectivity index (χ3v) is 3.74. The summed E-state index contributed by atoms with van der Waals surface area (Å²) in [5.74, 6) is 0.595. The molecule has 0 bridgehead atoms. The molecule has 0 unspecified atom stereocenters. The highest BCUT2D eigenvalue weighted by Gasteiger charge is 2.16. The van der Waals surface area contributed by atoms with E-state index >= 15 is 0 Å². The lowest BCUT2D eigenvalue weighted by atomic mass is 9.89. The number of hydrogen-bond donors (Lipinski definition) is 2. The van der Waals surface area contributed by atoms with E-state index in [4.69, 9.17) is 4.52 Å². The summed E-state index contributed by atoms with van der Waals surface area (Å²) in [5.41, 5.74) is 1.47. The molecule has 5 nitrogen and oxygen atoms in total. The van der Waals surface area contributed by atoms with Crippen LogP contribution in [0.3, 0.4) is 0 Å². The van der Waals surface area contributed by atoms with E-state index in [0.717, 1.165) is 18.4 Å². The van der Waals surface area contributed by atoms with Crippen LogP contribution < -0.4 is 5.32 Å². The van der Waals surface area contributed by atoms with Gasteiger partial charge in [0.1, 0.15) is 0 Å².